The number of rotatable bonds is 3. The molecule has 0 radical (unpaired) electrons. The third-order valence-corrected chi connectivity index (χ3v) is 6.88. The van der Waals surface area contributed by atoms with Gasteiger partial charge in [0.25, 0.3) is 11.8 Å². The summed E-state index contributed by atoms with van der Waals surface area (Å²) in [6, 6.07) is 20.4. The first-order valence-corrected chi connectivity index (χ1v) is 11.2. The van der Waals surface area contributed by atoms with Gasteiger partial charge < -0.3 is 9.80 Å². The minimum Gasteiger partial charge on any atom is -0.306 e. The molecule has 1 fully saturated rings. The molecule has 1 unspecified atom stereocenters. The second-order valence-corrected chi connectivity index (χ2v) is 9.21. The number of alkyl halides is 3. The SMILES string of the molecule is Cc1ccc(C23c4ccccc4C(=O)N2CCN3C(=O)c2ccc(SC(F)(F)F)cc2)cc1. The zero-order valence-electron chi connectivity index (χ0n) is 17.6. The van der Waals surface area contributed by atoms with Crippen LogP contribution < -0.4 is 0 Å². The highest BCUT2D eigenvalue weighted by atomic mass is 32.2. The zero-order chi connectivity index (χ0) is 23.4. The molecule has 4 nitrogen and oxygen atoms in total. The molecule has 0 spiro atoms. The van der Waals surface area contributed by atoms with Crippen LogP contribution in [0, 0.1) is 6.92 Å². The molecule has 2 aliphatic heterocycles. The van der Waals surface area contributed by atoms with E-state index in [4.69, 9.17) is 0 Å². The van der Waals surface area contributed by atoms with Crippen molar-refractivity contribution >= 4 is 23.6 Å². The van der Waals surface area contributed by atoms with Crippen molar-refractivity contribution in [2.45, 2.75) is 23.0 Å². The molecule has 0 bridgehead atoms. The summed E-state index contributed by atoms with van der Waals surface area (Å²) in [6.45, 7) is 2.63. The third-order valence-electron chi connectivity index (χ3n) is 6.14. The summed E-state index contributed by atoms with van der Waals surface area (Å²) in [6.07, 6.45) is 0. The molecule has 2 aliphatic rings. The molecule has 0 aliphatic carbocycles. The highest BCUT2D eigenvalue weighted by molar-refractivity contribution is 8.00. The molecule has 33 heavy (non-hydrogen) atoms. The Morgan fingerprint density at radius 3 is 2.27 bits per heavy atom. The molecule has 0 saturated carbocycles. The maximum Gasteiger partial charge on any atom is 0.446 e. The molecule has 168 valence electrons. The summed E-state index contributed by atoms with van der Waals surface area (Å²) in [5.41, 5.74) is -2.11. The van der Waals surface area contributed by atoms with Gasteiger partial charge in [-0.2, -0.15) is 13.2 Å². The maximum atomic E-state index is 13.7. The molecule has 2 amide bonds. The molecule has 1 atom stereocenters. The highest BCUT2D eigenvalue weighted by Gasteiger charge is 2.59. The van der Waals surface area contributed by atoms with E-state index in [9.17, 15) is 22.8 Å². The average Bonchev–Trinajstić information content (AvgIpc) is 3.29. The number of halogens is 3. The Morgan fingerprint density at radius 2 is 1.61 bits per heavy atom. The van der Waals surface area contributed by atoms with Crippen LogP contribution in [-0.4, -0.2) is 40.2 Å². The van der Waals surface area contributed by atoms with E-state index < -0.39 is 11.2 Å². The van der Waals surface area contributed by atoms with E-state index in [0.29, 0.717) is 18.7 Å². The topological polar surface area (TPSA) is 40.6 Å². The minimum absolute atomic E-state index is 0.0109. The number of nitrogens with zero attached hydrogens (tertiary/aromatic N) is 2. The minimum atomic E-state index is -4.40. The van der Waals surface area contributed by atoms with Crippen molar-refractivity contribution in [2.24, 2.45) is 0 Å². The number of amides is 2. The Hall–Kier alpha value is -3.26. The summed E-state index contributed by atoms with van der Waals surface area (Å²) in [5, 5.41) is 0. The van der Waals surface area contributed by atoms with Crippen LogP contribution in [-0.2, 0) is 5.66 Å². The Kier molecular flexibility index (Phi) is 5.01. The third kappa shape index (κ3) is 3.40. The fraction of sp³-hybridized carbons (Fsp3) is 0.200. The molecule has 2 heterocycles. The monoisotopic (exact) mass is 468 g/mol. The van der Waals surface area contributed by atoms with E-state index in [1.807, 2.05) is 43.3 Å². The number of carbonyl (C=O) groups excluding carboxylic acids is 2. The molecular weight excluding hydrogens is 449 g/mol. The van der Waals surface area contributed by atoms with Crippen molar-refractivity contribution in [3.63, 3.8) is 0 Å². The first-order valence-electron chi connectivity index (χ1n) is 10.4. The van der Waals surface area contributed by atoms with Gasteiger partial charge in [0.1, 0.15) is 0 Å². The predicted molar refractivity (Wildman–Crippen MR) is 119 cm³/mol. The number of fused-ring (bicyclic) bond motifs is 3. The molecule has 0 aromatic heterocycles. The maximum absolute atomic E-state index is 13.7. The van der Waals surface area contributed by atoms with Gasteiger partial charge in [-0.1, -0.05) is 48.0 Å². The first kappa shape index (κ1) is 21.6. The first-order chi connectivity index (χ1) is 15.7. The number of hydrogen-bond acceptors (Lipinski definition) is 3. The van der Waals surface area contributed by atoms with Crippen LogP contribution in [0.5, 0.6) is 0 Å². The Balaban J connectivity index is 1.61. The van der Waals surface area contributed by atoms with Crippen LogP contribution in [0.2, 0.25) is 0 Å². The molecule has 8 heteroatoms. The van der Waals surface area contributed by atoms with E-state index in [-0.39, 0.29) is 34.0 Å². The normalized spacial score (nSPS) is 19.6. The molecule has 1 saturated heterocycles. The second-order valence-electron chi connectivity index (χ2n) is 8.07. The molecular formula is C25H19F3N2O2S. The Morgan fingerprint density at radius 1 is 0.939 bits per heavy atom. The van der Waals surface area contributed by atoms with Gasteiger partial charge in [-0.15, -0.1) is 0 Å². The number of benzene rings is 3. The van der Waals surface area contributed by atoms with Crippen LogP contribution in [0.3, 0.4) is 0 Å². The molecule has 3 aromatic rings. The standard InChI is InChI=1S/C25H19F3N2O2S/c1-16-6-10-18(11-7-16)24-21-5-3-2-4-20(21)23(32)30(24)15-14-29(24)22(31)17-8-12-19(13-9-17)33-25(26,27)28/h2-13H,14-15H2,1H3. The van der Waals surface area contributed by atoms with E-state index >= 15 is 0 Å². The Labute approximate surface area is 193 Å². The number of thioether (sulfide) groups is 1. The van der Waals surface area contributed by atoms with Crippen LogP contribution in [0.25, 0.3) is 0 Å². The fourth-order valence-corrected chi connectivity index (χ4v) is 5.32. The quantitative estimate of drug-likeness (QED) is 0.482. The lowest BCUT2D eigenvalue weighted by atomic mass is 9.89. The zero-order valence-corrected chi connectivity index (χ0v) is 18.4. The number of aryl methyl sites for hydroxylation is 1. The second kappa shape index (κ2) is 7.66. The van der Waals surface area contributed by atoms with Crippen molar-refractivity contribution < 1.29 is 22.8 Å². The predicted octanol–water partition coefficient (Wildman–Crippen LogP) is 5.42. The lowest BCUT2D eigenvalue weighted by Gasteiger charge is -2.40. The largest absolute Gasteiger partial charge is 0.446 e. The van der Waals surface area contributed by atoms with E-state index in [1.54, 1.807) is 21.9 Å². The van der Waals surface area contributed by atoms with Gasteiger partial charge in [0.15, 0.2) is 5.66 Å². The van der Waals surface area contributed by atoms with Crippen LogP contribution in [0.1, 0.15) is 37.4 Å². The number of hydrogen-bond donors (Lipinski definition) is 0. The van der Waals surface area contributed by atoms with Crippen LogP contribution in [0.15, 0.2) is 77.7 Å². The van der Waals surface area contributed by atoms with Crippen LogP contribution in [0.4, 0.5) is 13.2 Å². The average molecular weight is 469 g/mol. The lowest BCUT2D eigenvalue weighted by Crippen LogP contribution is -2.51. The molecule has 3 aromatic carbocycles. The van der Waals surface area contributed by atoms with E-state index in [1.165, 1.54) is 24.3 Å². The smallest absolute Gasteiger partial charge is 0.306 e. The summed E-state index contributed by atoms with van der Waals surface area (Å²) < 4.78 is 38.1. The summed E-state index contributed by atoms with van der Waals surface area (Å²) in [4.78, 5) is 30.4. The molecule has 0 N–H and O–H groups in total. The summed E-state index contributed by atoms with van der Waals surface area (Å²) >= 11 is -0.221. The van der Waals surface area contributed by atoms with Gasteiger partial charge in [0, 0.05) is 40.2 Å². The van der Waals surface area contributed by atoms with Gasteiger partial charge in [-0.05, 0) is 49.0 Å². The van der Waals surface area contributed by atoms with Crippen molar-refractivity contribution in [1.82, 2.24) is 9.80 Å². The lowest BCUT2D eigenvalue weighted by molar-refractivity contribution is -0.0328. The van der Waals surface area contributed by atoms with Gasteiger partial charge in [0.2, 0.25) is 0 Å². The van der Waals surface area contributed by atoms with Crippen molar-refractivity contribution in [3.05, 3.63) is 101 Å². The van der Waals surface area contributed by atoms with E-state index in [0.717, 1.165) is 16.7 Å². The number of carbonyl (C=O) groups is 2. The summed E-state index contributed by atoms with van der Waals surface area (Å²) in [5.74, 6) is -0.482. The van der Waals surface area contributed by atoms with Crippen molar-refractivity contribution in [2.75, 3.05) is 13.1 Å². The van der Waals surface area contributed by atoms with Crippen LogP contribution >= 0.6 is 11.8 Å². The molecule has 5 rings (SSSR count). The van der Waals surface area contributed by atoms with Gasteiger partial charge in [-0.3, -0.25) is 9.59 Å². The fourth-order valence-electron chi connectivity index (χ4n) is 4.78. The highest BCUT2D eigenvalue weighted by Crippen LogP contribution is 2.50. The Bertz CT molecular complexity index is 1240. The van der Waals surface area contributed by atoms with Gasteiger partial charge in [-0.25, -0.2) is 0 Å². The van der Waals surface area contributed by atoms with Gasteiger partial charge >= 0.3 is 5.51 Å². The van der Waals surface area contributed by atoms with Gasteiger partial charge in [0.05, 0.1) is 0 Å². The van der Waals surface area contributed by atoms with E-state index in [2.05, 4.69) is 0 Å². The van der Waals surface area contributed by atoms with Crippen molar-refractivity contribution in [1.29, 1.82) is 0 Å². The summed E-state index contributed by atoms with van der Waals surface area (Å²) in [7, 11) is 0. The van der Waals surface area contributed by atoms with Crippen molar-refractivity contribution in [3.8, 4) is 0 Å².